The number of benzene rings is 1. The molecule has 1 aromatic carbocycles. The summed E-state index contributed by atoms with van der Waals surface area (Å²) in [5.41, 5.74) is 8.10. The molecular weight excluding hydrogens is 214 g/mol. The number of rotatable bonds is 2. The fourth-order valence-corrected chi connectivity index (χ4v) is 1.87. The van der Waals surface area contributed by atoms with Gasteiger partial charge in [0.05, 0.1) is 12.7 Å². The lowest BCUT2D eigenvalue weighted by Crippen LogP contribution is -2.16. The molecule has 0 fully saturated rings. The largest absolute Gasteiger partial charge is 0.496 e. The molecule has 0 atom stereocenters. The Morgan fingerprint density at radius 1 is 1.20 bits per heavy atom. The van der Waals surface area contributed by atoms with Crippen molar-refractivity contribution in [3.05, 3.63) is 27.3 Å². The van der Waals surface area contributed by atoms with Crippen LogP contribution in [-0.2, 0) is 0 Å². The minimum atomic E-state index is -0.519. The van der Waals surface area contributed by atoms with Crippen LogP contribution in [-0.4, -0.2) is 13.0 Å². The zero-order valence-corrected chi connectivity index (χ0v) is 10.0. The summed E-state index contributed by atoms with van der Waals surface area (Å²) in [6.45, 7) is 5.50. The third-order valence-corrected chi connectivity index (χ3v) is 3.18. The molecule has 1 aromatic rings. The molecular formula is C11H14ClNO2. The number of methoxy groups -OCH3 is 1. The van der Waals surface area contributed by atoms with Gasteiger partial charge in [0, 0.05) is 5.02 Å². The Labute approximate surface area is 94.2 Å². The molecule has 15 heavy (non-hydrogen) atoms. The molecule has 1 rings (SSSR count). The number of amides is 1. The number of halogens is 1. The highest BCUT2D eigenvalue weighted by Crippen LogP contribution is 2.35. The topological polar surface area (TPSA) is 52.3 Å². The predicted molar refractivity (Wildman–Crippen MR) is 60.7 cm³/mol. The molecule has 0 unspecified atom stereocenters. The van der Waals surface area contributed by atoms with E-state index in [1.807, 2.05) is 13.8 Å². The third-order valence-electron chi connectivity index (χ3n) is 2.61. The molecule has 0 saturated heterocycles. The Morgan fingerprint density at radius 2 is 1.73 bits per heavy atom. The maximum atomic E-state index is 11.3. The van der Waals surface area contributed by atoms with Crippen molar-refractivity contribution in [3.63, 3.8) is 0 Å². The normalized spacial score (nSPS) is 10.2. The first-order chi connectivity index (χ1) is 6.91. The van der Waals surface area contributed by atoms with Gasteiger partial charge in [-0.15, -0.1) is 0 Å². The lowest BCUT2D eigenvalue weighted by atomic mass is 9.98. The van der Waals surface area contributed by atoms with Gasteiger partial charge in [-0.05, 0) is 37.5 Å². The number of hydrogen-bond acceptors (Lipinski definition) is 2. The van der Waals surface area contributed by atoms with Crippen LogP contribution in [0.2, 0.25) is 5.02 Å². The monoisotopic (exact) mass is 227 g/mol. The average Bonchev–Trinajstić information content (AvgIpc) is 2.19. The van der Waals surface area contributed by atoms with Crippen LogP contribution in [0.3, 0.4) is 0 Å². The van der Waals surface area contributed by atoms with Gasteiger partial charge in [-0.1, -0.05) is 11.6 Å². The van der Waals surface area contributed by atoms with Crippen LogP contribution >= 0.6 is 11.6 Å². The predicted octanol–water partition coefficient (Wildman–Crippen LogP) is 2.37. The number of primary amides is 1. The van der Waals surface area contributed by atoms with Gasteiger partial charge in [-0.3, -0.25) is 4.79 Å². The van der Waals surface area contributed by atoms with E-state index in [0.29, 0.717) is 21.9 Å². The molecule has 0 bridgehead atoms. The lowest BCUT2D eigenvalue weighted by molar-refractivity contribution is 0.0996. The highest BCUT2D eigenvalue weighted by Gasteiger charge is 2.20. The van der Waals surface area contributed by atoms with Crippen molar-refractivity contribution in [3.8, 4) is 5.75 Å². The van der Waals surface area contributed by atoms with Crippen molar-refractivity contribution in [2.24, 2.45) is 5.73 Å². The second-order valence-electron chi connectivity index (χ2n) is 3.46. The number of carbonyl (C=O) groups excluding carboxylic acids is 1. The van der Waals surface area contributed by atoms with E-state index in [-0.39, 0.29) is 0 Å². The van der Waals surface area contributed by atoms with Crippen molar-refractivity contribution >= 4 is 17.5 Å². The minimum Gasteiger partial charge on any atom is -0.496 e. The summed E-state index contributed by atoms with van der Waals surface area (Å²) in [6.07, 6.45) is 0. The van der Waals surface area contributed by atoms with E-state index in [1.165, 1.54) is 7.11 Å². The zero-order chi connectivity index (χ0) is 11.7. The summed E-state index contributed by atoms with van der Waals surface area (Å²) in [5.74, 6) is -0.00347. The van der Waals surface area contributed by atoms with Crippen molar-refractivity contribution < 1.29 is 9.53 Å². The van der Waals surface area contributed by atoms with Crippen molar-refractivity contribution in [2.75, 3.05) is 7.11 Å². The fourth-order valence-electron chi connectivity index (χ4n) is 1.64. The first-order valence-corrected chi connectivity index (χ1v) is 4.92. The van der Waals surface area contributed by atoms with Gasteiger partial charge in [0.1, 0.15) is 5.75 Å². The molecule has 82 valence electrons. The molecule has 0 aliphatic rings. The standard InChI is InChI=1S/C11H14ClNO2/c1-5-6(2)10(15-4)8(11(13)14)7(3)9(5)12/h1-4H3,(H2,13,14). The fraction of sp³-hybridized carbons (Fsp3) is 0.364. The molecule has 1 amide bonds. The van der Waals surface area contributed by atoms with Crippen LogP contribution in [0.5, 0.6) is 5.75 Å². The van der Waals surface area contributed by atoms with Gasteiger partial charge < -0.3 is 10.5 Å². The lowest BCUT2D eigenvalue weighted by Gasteiger charge is -2.16. The SMILES string of the molecule is COc1c(C)c(C)c(Cl)c(C)c1C(N)=O. The van der Waals surface area contributed by atoms with E-state index in [4.69, 9.17) is 22.1 Å². The average molecular weight is 228 g/mol. The number of nitrogens with two attached hydrogens (primary N) is 1. The van der Waals surface area contributed by atoms with Gasteiger partial charge >= 0.3 is 0 Å². The summed E-state index contributed by atoms with van der Waals surface area (Å²) in [6, 6.07) is 0. The van der Waals surface area contributed by atoms with Crippen LogP contribution in [0.1, 0.15) is 27.0 Å². The Balaban J connectivity index is 3.70. The van der Waals surface area contributed by atoms with Crippen LogP contribution in [0.15, 0.2) is 0 Å². The van der Waals surface area contributed by atoms with Crippen molar-refractivity contribution in [1.82, 2.24) is 0 Å². The number of hydrogen-bond donors (Lipinski definition) is 1. The first-order valence-electron chi connectivity index (χ1n) is 4.54. The smallest absolute Gasteiger partial charge is 0.252 e. The minimum absolute atomic E-state index is 0.366. The molecule has 0 radical (unpaired) electrons. The Hall–Kier alpha value is -1.22. The van der Waals surface area contributed by atoms with Gasteiger partial charge in [-0.25, -0.2) is 0 Å². The highest BCUT2D eigenvalue weighted by molar-refractivity contribution is 6.33. The molecule has 0 heterocycles. The van der Waals surface area contributed by atoms with Crippen molar-refractivity contribution in [1.29, 1.82) is 0 Å². The second-order valence-corrected chi connectivity index (χ2v) is 3.84. The van der Waals surface area contributed by atoms with Gasteiger partial charge in [0.2, 0.25) is 0 Å². The maximum Gasteiger partial charge on any atom is 0.252 e. The van der Waals surface area contributed by atoms with E-state index in [1.54, 1.807) is 6.92 Å². The molecule has 0 saturated carbocycles. The van der Waals surface area contributed by atoms with Gasteiger partial charge in [0.25, 0.3) is 5.91 Å². The first kappa shape index (κ1) is 11.9. The van der Waals surface area contributed by atoms with Crippen molar-refractivity contribution in [2.45, 2.75) is 20.8 Å². The quantitative estimate of drug-likeness (QED) is 0.844. The van der Waals surface area contributed by atoms with Crippen LogP contribution in [0.25, 0.3) is 0 Å². The molecule has 3 nitrogen and oxygen atoms in total. The summed E-state index contributed by atoms with van der Waals surface area (Å²) < 4.78 is 5.19. The van der Waals surface area contributed by atoms with E-state index >= 15 is 0 Å². The molecule has 2 N–H and O–H groups in total. The molecule has 0 aliphatic heterocycles. The third kappa shape index (κ3) is 1.79. The van der Waals surface area contributed by atoms with E-state index < -0.39 is 5.91 Å². The Kier molecular flexibility index (Phi) is 3.25. The summed E-state index contributed by atoms with van der Waals surface area (Å²) in [4.78, 5) is 11.3. The van der Waals surface area contributed by atoms with Gasteiger partial charge in [0.15, 0.2) is 0 Å². The van der Waals surface area contributed by atoms with E-state index in [2.05, 4.69) is 0 Å². The molecule has 0 aromatic heterocycles. The Bertz CT molecular complexity index is 427. The second kappa shape index (κ2) is 4.11. The molecule has 0 spiro atoms. The van der Waals surface area contributed by atoms with Gasteiger partial charge in [-0.2, -0.15) is 0 Å². The van der Waals surface area contributed by atoms with Crippen LogP contribution in [0.4, 0.5) is 0 Å². The molecule has 4 heteroatoms. The van der Waals surface area contributed by atoms with E-state index in [0.717, 1.165) is 11.1 Å². The maximum absolute atomic E-state index is 11.3. The van der Waals surface area contributed by atoms with Crippen LogP contribution in [0, 0.1) is 20.8 Å². The number of carbonyl (C=O) groups is 1. The van der Waals surface area contributed by atoms with Crippen LogP contribution < -0.4 is 10.5 Å². The summed E-state index contributed by atoms with van der Waals surface area (Å²) in [5, 5.41) is 0.571. The Morgan fingerprint density at radius 3 is 2.13 bits per heavy atom. The molecule has 0 aliphatic carbocycles. The highest BCUT2D eigenvalue weighted by atomic mass is 35.5. The number of ether oxygens (including phenoxy) is 1. The zero-order valence-electron chi connectivity index (χ0n) is 9.27. The summed E-state index contributed by atoms with van der Waals surface area (Å²) in [7, 11) is 1.52. The van der Waals surface area contributed by atoms with E-state index in [9.17, 15) is 4.79 Å². The summed E-state index contributed by atoms with van der Waals surface area (Å²) >= 11 is 6.10.